The molecule has 0 saturated carbocycles. The number of esters is 1. The number of carboxylic acids is 1. The quantitative estimate of drug-likeness (QED) is 0.668. The number of ether oxygens (including phenoxy) is 1. The average Bonchev–Trinajstić information content (AvgIpc) is 2.53. The van der Waals surface area contributed by atoms with Gasteiger partial charge in [0.2, 0.25) is 0 Å². The van der Waals surface area contributed by atoms with Crippen molar-refractivity contribution in [2.75, 3.05) is 0 Å². The molecule has 2 aromatic carbocycles. The fourth-order valence-electron chi connectivity index (χ4n) is 2.09. The maximum Gasteiger partial charge on any atom is 0.416 e. The van der Waals surface area contributed by atoms with Crippen molar-refractivity contribution in [3.05, 3.63) is 71.3 Å². The van der Waals surface area contributed by atoms with E-state index in [1.54, 1.807) is 30.3 Å². The Kier molecular flexibility index (Phi) is 5.23. The number of hydrogen-bond donors (Lipinski definition) is 1. The zero-order valence-corrected chi connectivity index (χ0v) is 12.3. The van der Waals surface area contributed by atoms with Gasteiger partial charge in [-0.05, 0) is 17.2 Å². The van der Waals surface area contributed by atoms with Gasteiger partial charge in [0.15, 0.2) is 5.92 Å². The molecular formula is C17H13F3O4. The van der Waals surface area contributed by atoms with Crippen molar-refractivity contribution in [1.82, 2.24) is 0 Å². The second-order valence-electron chi connectivity index (χ2n) is 4.99. The molecule has 0 bridgehead atoms. The summed E-state index contributed by atoms with van der Waals surface area (Å²) in [4.78, 5) is 23.4. The number of aliphatic carboxylic acids is 1. The van der Waals surface area contributed by atoms with Gasteiger partial charge in [0.1, 0.15) is 6.61 Å². The van der Waals surface area contributed by atoms with Crippen molar-refractivity contribution in [2.24, 2.45) is 0 Å². The van der Waals surface area contributed by atoms with Crippen molar-refractivity contribution in [2.45, 2.75) is 18.7 Å². The van der Waals surface area contributed by atoms with Crippen LogP contribution in [0, 0.1) is 0 Å². The molecule has 126 valence electrons. The lowest BCUT2D eigenvalue weighted by atomic mass is 9.97. The van der Waals surface area contributed by atoms with E-state index in [2.05, 4.69) is 0 Å². The molecule has 7 heteroatoms. The van der Waals surface area contributed by atoms with Crippen molar-refractivity contribution >= 4 is 11.9 Å². The first-order chi connectivity index (χ1) is 11.3. The van der Waals surface area contributed by atoms with Crippen molar-refractivity contribution in [3.8, 4) is 0 Å². The molecule has 2 rings (SSSR count). The van der Waals surface area contributed by atoms with E-state index < -0.39 is 29.6 Å². The van der Waals surface area contributed by atoms with Gasteiger partial charge in [-0.3, -0.25) is 9.59 Å². The second kappa shape index (κ2) is 7.16. The van der Waals surface area contributed by atoms with Gasteiger partial charge in [0, 0.05) is 0 Å². The molecule has 2 aromatic rings. The van der Waals surface area contributed by atoms with Crippen LogP contribution in [0.3, 0.4) is 0 Å². The van der Waals surface area contributed by atoms with Gasteiger partial charge >= 0.3 is 18.1 Å². The molecule has 0 aliphatic carbocycles. The number of carboxylic acid groups (broad SMARTS) is 1. The summed E-state index contributed by atoms with van der Waals surface area (Å²) < 4.78 is 43.1. The molecule has 1 unspecified atom stereocenters. The van der Waals surface area contributed by atoms with E-state index in [0.29, 0.717) is 11.6 Å². The summed E-state index contributed by atoms with van der Waals surface area (Å²) in [7, 11) is 0. The van der Waals surface area contributed by atoms with Crippen molar-refractivity contribution in [1.29, 1.82) is 0 Å². The normalized spacial score (nSPS) is 12.5. The fraction of sp³-hybridized carbons (Fsp3) is 0.176. The second-order valence-corrected chi connectivity index (χ2v) is 4.99. The van der Waals surface area contributed by atoms with Gasteiger partial charge in [0.25, 0.3) is 0 Å². The van der Waals surface area contributed by atoms with E-state index >= 15 is 0 Å². The molecule has 0 heterocycles. The monoisotopic (exact) mass is 338 g/mol. The minimum absolute atomic E-state index is 0.164. The highest BCUT2D eigenvalue weighted by Crippen LogP contribution is 2.31. The summed E-state index contributed by atoms with van der Waals surface area (Å²) in [5, 5.41) is 9.21. The van der Waals surface area contributed by atoms with E-state index in [9.17, 15) is 27.9 Å². The van der Waals surface area contributed by atoms with Crippen LogP contribution in [0.15, 0.2) is 54.6 Å². The highest BCUT2D eigenvalue weighted by atomic mass is 19.4. The van der Waals surface area contributed by atoms with Gasteiger partial charge in [0.05, 0.1) is 5.56 Å². The summed E-state index contributed by atoms with van der Waals surface area (Å²) in [5.74, 6) is -4.52. The van der Waals surface area contributed by atoms with E-state index in [1.165, 1.54) is 0 Å². The minimum Gasteiger partial charge on any atom is -0.480 e. The van der Waals surface area contributed by atoms with Crippen LogP contribution in [0.1, 0.15) is 22.6 Å². The smallest absolute Gasteiger partial charge is 0.416 e. The maximum absolute atomic E-state index is 12.7. The van der Waals surface area contributed by atoms with Crippen LogP contribution in [0.2, 0.25) is 0 Å². The maximum atomic E-state index is 12.7. The van der Waals surface area contributed by atoms with E-state index in [1.807, 2.05) is 0 Å². The number of carbonyl (C=O) groups is 2. The van der Waals surface area contributed by atoms with E-state index in [-0.39, 0.29) is 12.2 Å². The molecule has 24 heavy (non-hydrogen) atoms. The summed E-state index contributed by atoms with van der Waals surface area (Å²) in [5.41, 5.74) is -0.670. The number of hydrogen-bond acceptors (Lipinski definition) is 3. The summed E-state index contributed by atoms with van der Waals surface area (Å²) in [6, 6.07) is 12.2. The Morgan fingerprint density at radius 2 is 1.71 bits per heavy atom. The van der Waals surface area contributed by atoms with Crippen LogP contribution < -0.4 is 0 Å². The molecule has 0 aliphatic heterocycles. The number of alkyl halides is 3. The van der Waals surface area contributed by atoms with Gasteiger partial charge in [-0.25, -0.2) is 0 Å². The zero-order chi connectivity index (χ0) is 17.7. The lowest BCUT2D eigenvalue weighted by Gasteiger charge is -2.14. The third-order valence-electron chi connectivity index (χ3n) is 3.25. The lowest BCUT2D eigenvalue weighted by Crippen LogP contribution is -2.24. The third kappa shape index (κ3) is 4.34. The summed E-state index contributed by atoms with van der Waals surface area (Å²) >= 11 is 0. The van der Waals surface area contributed by atoms with Crippen LogP contribution in [-0.2, 0) is 27.1 Å². The van der Waals surface area contributed by atoms with Crippen LogP contribution in [0.5, 0.6) is 0 Å². The molecule has 4 nitrogen and oxygen atoms in total. The molecule has 0 fully saturated rings. The van der Waals surface area contributed by atoms with Crippen molar-refractivity contribution < 1.29 is 32.6 Å². The highest BCUT2D eigenvalue weighted by Gasteiger charge is 2.34. The SMILES string of the molecule is O=C(O)C(C(=O)OCc1ccccc1)c1cccc(C(F)(F)F)c1. The van der Waals surface area contributed by atoms with Crippen molar-refractivity contribution in [3.63, 3.8) is 0 Å². The largest absolute Gasteiger partial charge is 0.480 e. The Morgan fingerprint density at radius 3 is 2.29 bits per heavy atom. The van der Waals surface area contributed by atoms with E-state index in [4.69, 9.17) is 4.74 Å². The van der Waals surface area contributed by atoms with Crippen LogP contribution in [0.4, 0.5) is 13.2 Å². The first kappa shape index (κ1) is 17.5. The fourth-order valence-corrected chi connectivity index (χ4v) is 2.09. The molecule has 0 radical (unpaired) electrons. The standard InChI is InChI=1S/C17H13F3O4/c18-17(19,20)13-8-4-7-12(9-13)14(15(21)22)16(23)24-10-11-5-2-1-3-6-11/h1-9,14H,10H2,(H,21,22). The first-order valence-electron chi connectivity index (χ1n) is 6.89. The molecule has 0 aliphatic rings. The Balaban J connectivity index is 2.20. The molecule has 0 spiro atoms. The third-order valence-corrected chi connectivity index (χ3v) is 3.25. The minimum atomic E-state index is -4.63. The number of halogens is 3. The first-order valence-corrected chi connectivity index (χ1v) is 6.89. The van der Waals surface area contributed by atoms with Gasteiger partial charge in [-0.1, -0.05) is 48.5 Å². The topological polar surface area (TPSA) is 63.6 Å². The van der Waals surface area contributed by atoms with Crippen LogP contribution in [-0.4, -0.2) is 17.0 Å². The van der Waals surface area contributed by atoms with E-state index in [0.717, 1.165) is 18.2 Å². The lowest BCUT2D eigenvalue weighted by molar-refractivity contribution is -0.155. The van der Waals surface area contributed by atoms with Gasteiger partial charge in [-0.2, -0.15) is 13.2 Å². The zero-order valence-electron chi connectivity index (χ0n) is 12.3. The van der Waals surface area contributed by atoms with Crippen LogP contribution >= 0.6 is 0 Å². The predicted octanol–water partition coefficient (Wildman–Crippen LogP) is 3.62. The molecule has 1 atom stereocenters. The molecule has 1 N–H and O–H groups in total. The van der Waals surface area contributed by atoms with Crippen LogP contribution in [0.25, 0.3) is 0 Å². The van der Waals surface area contributed by atoms with Gasteiger partial charge < -0.3 is 9.84 Å². The Hall–Kier alpha value is -2.83. The molecule has 0 saturated heterocycles. The molecule has 0 aromatic heterocycles. The summed E-state index contributed by atoms with van der Waals surface area (Å²) in [6.45, 7) is -0.164. The Morgan fingerprint density at radius 1 is 1.04 bits per heavy atom. The molecule has 0 amide bonds. The summed E-state index contributed by atoms with van der Waals surface area (Å²) in [6.07, 6.45) is -4.63. The van der Waals surface area contributed by atoms with Gasteiger partial charge in [-0.15, -0.1) is 0 Å². The Labute approximate surface area is 135 Å². The number of carbonyl (C=O) groups excluding carboxylic acids is 1. The number of rotatable bonds is 5. The predicted molar refractivity (Wildman–Crippen MR) is 78.1 cm³/mol. The number of benzene rings is 2. The Bertz CT molecular complexity index is 726. The molecular weight excluding hydrogens is 325 g/mol. The highest BCUT2D eigenvalue weighted by molar-refractivity contribution is 5.99. The average molecular weight is 338 g/mol.